The molecule has 4 heteroatoms. The van der Waals surface area contributed by atoms with E-state index in [0.29, 0.717) is 5.95 Å². The summed E-state index contributed by atoms with van der Waals surface area (Å²) < 4.78 is 0. The number of aromatic amines is 1. The van der Waals surface area contributed by atoms with Crippen LogP contribution in [0.2, 0.25) is 0 Å². The lowest BCUT2D eigenvalue weighted by molar-refractivity contribution is 0.526. The van der Waals surface area contributed by atoms with Gasteiger partial charge in [0, 0.05) is 16.9 Å². The van der Waals surface area contributed by atoms with Crippen molar-refractivity contribution in [3.8, 4) is 0 Å². The topological polar surface area (TPSA) is 54.7 Å². The first-order valence-corrected chi connectivity index (χ1v) is 5.25. The number of anilines is 1. The van der Waals surface area contributed by atoms with E-state index in [9.17, 15) is 0 Å². The van der Waals surface area contributed by atoms with Crippen molar-refractivity contribution in [1.29, 1.82) is 0 Å². The van der Waals surface area contributed by atoms with Gasteiger partial charge in [-0.15, -0.1) is 0 Å². The van der Waals surface area contributed by atoms with E-state index in [4.69, 9.17) is 5.73 Å². The minimum absolute atomic E-state index is 0.273. The van der Waals surface area contributed by atoms with Crippen molar-refractivity contribution in [1.82, 2.24) is 9.97 Å². The zero-order chi connectivity index (χ0) is 8.60. The van der Waals surface area contributed by atoms with Gasteiger partial charge in [-0.25, -0.2) is 4.98 Å². The van der Waals surface area contributed by atoms with Crippen molar-refractivity contribution < 1.29 is 0 Å². The maximum absolute atomic E-state index is 5.53. The van der Waals surface area contributed by atoms with Gasteiger partial charge in [0.05, 0.1) is 6.20 Å². The normalized spacial score (nSPS) is 29.4. The number of nitrogens with two attached hydrogens (primary N) is 1. The number of H-pyrrole nitrogens is 1. The Morgan fingerprint density at radius 3 is 3.08 bits per heavy atom. The summed E-state index contributed by atoms with van der Waals surface area (Å²) in [7, 11) is 0. The van der Waals surface area contributed by atoms with Gasteiger partial charge in [-0.05, 0) is 12.2 Å². The second kappa shape index (κ2) is 2.69. The Bertz CT molecular complexity index is 276. The Hall–Kier alpha value is -0.640. The smallest absolute Gasteiger partial charge is 0.197 e. The number of aromatic nitrogens is 2. The molecule has 1 aromatic heterocycles. The fourth-order valence-corrected chi connectivity index (χ4v) is 3.01. The van der Waals surface area contributed by atoms with Crippen molar-refractivity contribution in [3.63, 3.8) is 0 Å². The van der Waals surface area contributed by atoms with E-state index in [2.05, 4.69) is 16.9 Å². The van der Waals surface area contributed by atoms with E-state index in [1.54, 1.807) is 0 Å². The highest BCUT2D eigenvalue weighted by molar-refractivity contribution is 7.99. The minimum Gasteiger partial charge on any atom is -0.369 e. The van der Waals surface area contributed by atoms with E-state index in [1.807, 2.05) is 18.0 Å². The van der Waals surface area contributed by atoms with Crippen LogP contribution in [-0.2, 0) is 5.41 Å². The number of nitrogens with zero attached hydrogens (tertiary/aromatic N) is 1. The van der Waals surface area contributed by atoms with Crippen LogP contribution in [0.4, 0.5) is 5.95 Å². The number of nitrogen functional groups attached to an aromatic ring is 1. The SMILES string of the molecule is CC1(c2cnc(N)[nH]2)CCSC1. The molecule has 3 N–H and O–H groups in total. The van der Waals surface area contributed by atoms with E-state index >= 15 is 0 Å². The second-order valence-corrected chi connectivity index (χ2v) is 4.65. The number of hydrogen-bond acceptors (Lipinski definition) is 3. The largest absolute Gasteiger partial charge is 0.369 e. The molecule has 1 fully saturated rings. The molecule has 0 radical (unpaired) electrons. The van der Waals surface area contributed by atoms with Gasteiger partial charge in [-0.1, -0.05) is 6.92 Å². The maximum atomic E-state index is 5.53. The van der Waals surface area contributed by atoms with Crippen molar-refractivity contribution >= 4 is 17.7 Å². The highest BCUT2D eigenvalue weighted by Crippen LogP contribution is 2.37. The number of thioether (sulfide) groups is 1. The predicted molar refractivity (Wildman–Crippen MR) is 52.3 cm³/mol. The zero-order valence-electron chi connectivity index (χ0n) is 7.13. The lowest BCUT2D eigenvalue weighted by Gasteiger charge is -2.19. The summed E-state index contributed by atoms with van der Waals surface area (Å²) in [6, 6.07) is 0. The van der Waals surface area contributed by atoms with E-state index < -0.39 is 0 Å². The molecule has 0 spiro atoms. The molecule has 2 rings (SSSR count). The molecule has 2 heterocycles. The molecule has 0 bridgehead atoms. The van der Waals surface area contributed by atoms with Crippen LogP contribution >= 0.6 is 11.8 Å². The van der Waals surface area contributed by atoms with Crippen LogP contribution in [0.5, 0.6) is 0 Å². The number of imidazole rings is 1. The van der Waals surface area contributed by atoms with E-state index in [-0.39, 0.29) is 5.41 Å². The summed E-state index contributed by atoms with van der Waals surface area (Å²) in [6.45, 7) is 2.26. The Morgan fingerprint density at radius 2 is 2.58 bits per heavy atom. The molecule has 0 aromatic carbocycles. The molecule has 1 aliphatic heterocycles. The molecule has 0 aliphatic carbocycles. The van der Waals surface area contributed by atoms with Gasteiger partial charge < -0.3 is 10.7 Å². The minimum atomic E-state index is 0.273. The molecule has 12 heavy (non-hydrogen) atoms. The Labute approximate surface area is 76.1 Å². The molecule has 1 unspecified atom stereocenters. The summed E-state index contributed by atoms with van der Waals surface area (Å²) in [5.41, 5.74) is 6.99. The monoisotopic (exact) mass is 183 g/mol. The average molecular weight is 183 g/mol. The van der Waals surface area contributed by atoms with Gasteiger partial charge >= 0.3 is 0 Å². The second-order valence-electron chi connectivity index (χ2n) is 3.55. The average Bonchev–Trinajstić information content (AvgIpc) is 2.59. The lowest BCUT2D eigenvalue weighted by atomic mass is 9.87. The highest BCUT2D eigenvalue weighted by atomic mass is 32.2. The summed E-state index contributed by atoms with van der Waals surface area (Å²) >= 11 is 2.00. The van der Waals surface area contributed by atoms with Gasteiger partial charge in [0.1, 0.15) is 0 Å². The third kappa shape index (κ3) is 1.20. The zero-order valence-corrected chi connectivity index (χ0v) is 7.95. The number of nitrogens with one attached hydrogen (secondary N) is 1. The molecule has 0 saturated carbocycles. The molecule has 0 amide bonds. The molecule has 1 aromatic rings. The Balaban J connectivity index is 2.28. The van der Waals surface area contributed by atoms with Crippen molar-refractivity contribution in [2.45, 2.75) is 18.8 Å². The van der Waals surface area contributed by atoms with Crippen LogP contribution in [0.3, 0.4) is 0 Å². The van der Waals surface area contributed by atoms with Crippen molar-refractivity contribution in [2.24, 2.45) is 0 Å². The van der Waals surface area contributed by atoms with Gasteiger partial charge in [-0.3, -0.25) is 0 Å². The standard InChI is InChI=1S/C8H13N3S/c1-8(2-3-12-5-8)6-4-10-7(9)11-6/h4H,2-3,5H2,1H3,(H3,9,10,11). The van der Waals surface area contributed by atoms with Crippen LogP contribution in [0.1, 0.15) is 19.0 Å². The number of rotatable bonds is 1. The molecule has 1 aliphatic rings. The first kappa shape index (κ1) is 7.98. The molecule has 3 nitrogen and oxygen atoms in total. The van der Waals surface area contributed by atoms with Crippen LogP contribution in [-0.4, -0.2) is 21.5 Å². The molecular formula is C8H13N3S. The summed E-state index contributed by atoms with van der Waals surface area (Å²) in [6.07, 6.45) is 3.08. The maximum Gasteiger partial charge on any atom is 0.197 e. The summed E-state index contributed by atoms with van der Waals surface area (Å²) in [5, 5.41) is 0. The molecule has 66 valence electrons. The lowest BCUT2D eigenvalue weighted by Crippen LogP contribution is -2.21. The first-order valence-electron chi connectivity index (χ1n) is 4.09. The van der Waals surface area contributed by atoms with Gasteiger partial charge in [0.25, 0.3) is 0 Å². The molecule has 1 atom stereocenters. The molecular weight excluding hydrogens is 170 g/mol. The van der Waals surface area contributed by atoms with Crippen molar-refractivity contribution in [2.75, 3.05) is 17.2 Å². The Kier molecular flexibility index (Phi) is 1.79. The van der Waals surface area contributed by atoms with E-state index in [0.717, 1.165) is 0 Å². The summed E-state index contributed by atoms with van der Waals surface area (Å²) in [5.74, 6) is 2.95. The predicted octanol–water partition coefficient (Wildman–Crippen LogP) is 1.39. The van der Waals surface area contributed by atoms with Crippen LogP contribution in [0, 0.1) is 0 Å². The highest BCUT2D eigenvalue weighted by Gasteiger charge is 2.32. The third-order valence-corrected chi connectivity index (χ3v) is 3.80. The van der Waals surface area contributed by atoms with Crippen LogP contribution in [0.15, 0.2) is 6.20 Å². The van der Waals surface area contributed by atoms with E-state index in [1.165, 1.54) is 23.6 Å². The van der Waals surface area contributed by atoms with Crippen LogP contribution in [0.25, 0.3) is 0 Å². The van der Waals surface area contributed by atoms with Gasteiger partial charge in [-0.2, -0.15) is 11.8 Å². The number of hydrogen-bond donors (Lipinski definition) is 2. The van der Waals surface area contributed by atoms with Crippen molar-refractivity contribution in [3.05, 3.63) is 11.9 Å². The summed E-state index contributed by atoms with van der Waals surface area (Å²) in [4.78, 5) is 7.13. The third-order valence-electron chi connectivity index (χ3n) is 2.46. The van der Waals surface area contributed by atoms with Crippen LogP contribution < -0.4 is 5.73 Å². The first-order chi connectivity index (χ1) is 5.71. The fraction of sp³-hybridized carbons (Fsp3) is 0.625. The molecule has 1 saturated heterocycles. The quantitative estimate of drug-likeness (QED) is 0.691. The Morgan fingerprint density at radius 1 is 1.75 bits per heavy atom. The van der Waals surface area contributed by atoms with Gasteiger partial charge in [0.15, 0.2) is 5.95 Å². The van der Waals surface area contributed by atoms with Gasteiger partial charge in [0.2, 0.25) is 0 Å². The fourth-order valence-electron chi connectivity index (χ4n) is 1.52.